The smallest absolute Gasteiger partial charge is 0.271 e. The van der Waals surface area contributed by atoms with Crippen molar-refractivity contribution in [2.75, 3.05) is 0 Å². The van der Waals surface area contributed by atoms with Crippen molar-refractivity contribution in [2.24, 2.45) is 0 Å². The number of carbonyl (C=O) groups excluding carboxylic acids is 1. The second kappa shape index (κ2) is 7.06. The van der Waals surface area contributed by atoms with Crippen LogP contribution < -0.4 is 10.1 Å². The molecule has 8 heteroatoms. The van der Waals surface area contributed by atoms with Gasteiger partial charge in [0.05, 0.1) is 9.95 Å². The number of carbonyl (C=O) groups is 1. The molecule has 2 aromatic carbocycles. The quantitative estimate of drug-likeness (QED) is 0.624. The van der Waals surface area contributed by atoms with Crippen molar-refractivity contribution in [3.05, 3.63) is 69.0 Å². The van der Waals surface area contributed by atoms with Crippen molar-refractivity contribution in [3.63, 3.8) is 0 Å². The van der Waals surface area contributed by atoms with E-state index in [-0.39, 0.29) is 28.4 Å². The van der Waals surface area contributed by atoms with Crippen LogP contribution in [0.25, 0.3) is 0 Å². The van der Waals surface area contributed by atoms with Crippen LogP contribution in [0.1, 0.15) is 24.5 Å². The van der Waals surface area contributed by atoms with E-state index in [4.69, 9.17) is 16.3 Å². The van der Waals surface area contributed by atoms with Crippen LogP contribution in [-0.4, -0.2) is 16.9 Å². The van der Waals surface area contributed by atoms with E-state index < -0.39 is 16.8 Å². The van der Waals surface area contributed by atoms with Crippen LogP contribution in [0.3, 0.4) is 0 Å². The van der Waals surface area contributed by atoms with E-state index >= 15 is 0 Å². The Kier molecular flexibility index (Phi) is 4.85. The van der Waals surface area contributed by atoms with Crippen LogP contribution in [0.15, 0.2) is 42.5 Å². The third-order valence-electron chi connectivity index (χ3n) is 3.71. The monoisotopic (exact) mass is 364 g/mol. The van der Waals surface area contributed by atoms with Gasteiger partial charge in [0.15, 0.2) is 0 Å². The summed E-state index contributed by atoms with van der Waals surface area (Å²) in [6, 6.07) is 9.20. The minimum absolute atomic E-state index is 0.0144. The van der Waals surface area contributed by atoms with Crippen LogP contribution in [0, 0.1) is 15.9 Å². The molecule has 6 nitrogen and oxygen atoms in total. The normalized spacial score (nSPS) is 14.6. The molecule has 1 unspecified atom stereocenters. The SMILES string of the molecule is O=C(NC1CC1)C(Oc1ccc([N+](=O)[O-])cc1Cl)c1ccc(F)cc1. The Bertz CT molecular complexity index is 809. The maximum Gasteiger partial charge on any atom is 0.271 e. The average molecular weight is 365 g/mol. The molecule has 0 radical (unpaired) electrons. The average Bonchev–Trinajstić information content (AvgIpc) is 3.38. The molecule has 0 aliphatic heterocycles. The number of halogens is 2. The van der Waals surface area contributed by atoms with Gasteiger partial charge in [-0.1, -0.05) is 23.7 Å². The van der Waals surface area contributed by atoms with Gasteiger partial charge in [-0.3, -0.25) is 14.9 Å². The lowest BCUT2D eigenvalue weighted by molar-refractivity contribution is -0.384. The minimum atomic E-state index is -1.04. The summed E-state index contributed by atoms with van der Waals surface area (Å²) in [6.07, 6.45) is 0.764. The van der Waals surface area contributed by atoms with Crippen molar-refractivity contribution < 1.29 is 18.8 Å². The summed E-state index contributed by atoms with van der Waals surface area (Å²) in [5, 5.41) is 13.6. The standard InChI is InChI=1S/C17H14ClFN2O4/c18-14-9-13(21(23)24)7-8-15(14)25-16(17(22)20-12-5-6-12)10-1-3-11(19)4-2-10/h1-4,7-9,12,16H,5-6H2,(H,20,22). The third kappa shape index (κ3) is 4.24. The maximum atomic E-state index is 13.2. The summed E-state index contributed by atoms with van der Waals surface area (Å²) < 4.78 is 18.9. The molecule has 1 saturated carbocycles. The first-order valence-electron chi connectivity index (χ1n) is 7.60. The molecule has 1 aliphatic rings. The lowest BCUT2D eigenvalue weighted by atomic mass is 10.1. The number of rotatable bonds is 6. The molecule has 2 aromatic rings. The second-order valence-corrected chi connectivity index (χ2v) is 6.11. The van der Waals surface area contributed by atoms with Crippen molar-refractivity contribution >= 4 is 23.2 Å². The predicted octanol–water partition coefficient (Wildman–Crippen LogP) is 3.79. The molecule has 0 aromatic heterocycles. The fourth-order valence-electron chi connectivity index (χ4n) is 2.24. The molecule has 1 aliphatic carbocycles. The zero-order chi connectivity index (χ0) is 18.0. The van der Waals surface area contributed by atoms with Crippen LogP contribution in [-0.2, 0) is 4.79 Å². The van der Waals surface area contributed by atoms with Crippen LogP contribution in [0.5, 0.6) is 5.75 Å². The summed E-state index contributed by atoms with van der Waals surface area (Å²) in [4.78, 5) is 22.7. The first-order valence-corrected chi connectivity index (χ1v) is 7.98. The maximum absolute atomic E-state index is 13.2. The highest BCUT2D eigenvalue weighted by Gasteiger charge is 2.30. The van der Waals surface area contributed by atoms with Crippen molar-refractivity contribution in [1.82, 2.24) is 5.32 Å². The number of nitro groups is 1. The van der Waals surface area contributed by atoms with E-state index in [0.29, 0.717) is 5.56 Å². The fourth-order valence-corrected chi connectivity index (χ4v) is 2.46. The first kappa shape index (κ1) is 17.2. The van der Waals surface area contributed by atoms with Gasteiger partial charge in [0.2, 0.25) is 6.10 Å². The molecule has 1 amide bonds. The van der Waals surface area contributed by atoms with Gasteiger partial charge in [-0.25, -0.2) is 4.39 Å². The number of nitrogens with one attached hydrogen (secondary N) is 1. The van der Waals surface area contributed by atoms with E-state index in [1.165, 1.54) is 36.4 Å². The number of hydrogen-bond acceptors (Lipinski definition) is 4. The minimum Gasteiger partial charge on any atom is -0.474 e. The van der Waals surface area contributed by atoms with Gasteiger partial charge in [0.25, 0.3) is 11.6 Å². The Balaban J connectivity index is 1.87. The molecule has 0 saturated heterocycles. The lowest BCUT2D eigenvalue weighted by Gasteiger charge is -2.19. The van der Waals surface area contributed by atoms with Gasteiger partial charge in [-0.15, -0.1) is 0 Å². The highest BCUT2D eigenvalue weighted by Crippen LogP contribution is 2.33. The Hall–Kier alpha value is -2.67. The predicted molar refractivity (Wildman–Crippen MR) is 89.0 cm³/mol. The van der Waals surface area contributed by atoms with E-state index in [2.05, 4.69) is 5.32 Å². The molecule has 0 heterocycles. The highest BCUT2D eigenvalue weighted by atomic mass is 35.5. The third-order valence-corrected chi connectivity index (χ3v) is 4.00. The lowest BCUT2D eigenvalue weighted by Crippen LogP contribution is -2.33. The van der Waals surface area contributed by atoms with Crippen molar-refractivity contribution in [1.29, 1.82) is 0 Å². The van der Waals surface area contributed by atoms with Crippen molar-refractivity contribution in [2.45, 2.75) is 25.0 Å². The molecular formula is C17H14ClFN2O4. The summed E-state index contributed by atoms with van der Waals surface area (Å²) in [7, 11) is 0. The summed E-state index contributed by atoms with van der Waals surface area (Å²) in [6.45, 7) is 0. The van der Waals surface area contributed by atoms with Crippen LogP contribution in [0.2, 0.25) is 5.02 Å². The van der Waals surface area contributed by atoms with Gasteiger partial charge < -0.3 is 10.1 Å². The van der Waals surface area contributed by atoms with Crippen LogP contribution >= 0.6 is 11.6 Å². The zero-order valence-corrected chi connectivity index (χ0v) is 13.7. The Morgan fingerprint density at radius 1 is 1.28 bits per heavy atom. The van der Waals surface area contributed by atoms with Gasteiger partial charge in [-0.05, 0) is 31.0 Å². The molecule has 0 bridgehead atoms. The van der Waals surface area contributed by atoms with E-state index in [9.17, 15) is 19.3 Å². The molecule has 1 atom stereocenters. The summed E-state index contributed by atoms with van der Waals surface area (Å²) in [5.74, 6) is -0.672. The number of benzene rings is 2. The van der Waals surface area contributed by atoms with Gasteiger partial charge >= 0.3 is 0 Å². The molecule has 130 valence electrons. The fraction of sp³-hybridized carbons (Fsp3) is 0.235. The van der Waals surface area contributed by atoms with Gasteiger partial charge in [-0.2, -0.15) is 0 Å². The zero-order valence-electron chi connectivity index (χ0n) is 12.9. The molecule has 3 rings (SSSR count). The van der Waals surface area contributed by atoms with E-state index in [1.807, 2.05) is 0 Å². The number of amides is 1. The number of non-ortho nitro benzene ring substituents is 1. The van der Waals surface area contributed by atoms with Gasteiger partial charge in [0.1, 0.15) is 11.6 Å². The molecule has 1 fully saturated rings. The van der Waals surface area contributed by atoms with Crippen molar-refractivity contribution in [3.8, 4) is 5.75 Å². The summed E-state index contributed by atoms with van der Waals surface area (Å²) in [5.41, 5.74) is 0.270. The molecule has 25 heavy (non-hydrogen) atoms. The largest absolute Gasteiger partial charge is 0.474 e. The molecule has 0 spiro atoms. The second-order valence-electron chi connectivity index (χ2n) is 5.70. The molecule has 1 N–H and O–H groups in total. The Labute approximate surface area is 147 Å². The number of nitro benzene ring substituents is 1. The topological polar surface area (TPSA) is 81.5 Å². The highest BCUT2D eigenvalue weighted by molar-refractivity contribution is 6.32. The summed E-state index contributed by atoms with van der Waals surface area (Å²) >= 11 is 6.03. The van der Waals surface area contributed by atoms with E-state index in [0.717, 1.165) is 18.9 Å². The number of ether oxygens (including phenoxy) is 1. The van der Waals surface area contributed by atoms with Crippen LogP contribution in [0.4, 0.5) is 10.1 Å². The van der Waals surface area contributed by atoms with E-state index in [1.54, 1.807) is 0 Å². The number of hydrogen-bond donors (Lipinski definition) is 1. The molecular weight excluding hydrogens is 351 g/mol. The first-order chi connectivity index (χ1) is 11.9. The Morgan fingerprint density at radius 2 is 1.96 bits per heavy atom. The number of nitrogens with zero attached hydrogens (tertiary/aromatic N) is 1. The Morgan fingerprint density at radius 3 is 2.52 bits per heavy atom. The van der Waals surface area contributed by atoms with Gasteiger partial charge in [0, 0.05) is 23.7 Å².